The van der Waals surface area contributed by atoms with Gasteiger partial charge in [0.05, 0.1) is 23.8 Å². The summed E-state index contributed by atoms with van der Waals surface area (Å²) in [7, 11) is 0. The van der Waals surface area contributed by atoms with Crippen LogP contribution >= 0.6 is 24.0 Å². The number of aromatic nitrogens is 1. The fourth-order valence-electron chi connectivity index (χ4n) is 3.73. The molecule has 3 rings (SSSR count). The summed E-state index contributed by atoms with van der Waals surface area (Å²) in [5.74, 6) is -1.22. The quantitative estimate of drug-likeness (QED) is 0.376. The van der Waals surface area contributed by atoms with E-state index in [1.54, 1.807) is 12.2 Å². The van der Waals surface area contributed by atoms with E-state index in [2.05, 4.69) is 24.5 Å². The highest BCUT2D eigenvalue weighted by molar-refractivity contribution is 7.81. The van der Waals surface area contributed by atoms with E-state index in [-0.39, 0.29) is 18.7 Å². The summed E-state index contributed by atoms with van der Waals surface area (Å²) >= 11 is 6.14. The highest BCUT2D eigenvalue weighted by Crippen LogP contribution is 2.47. The molecule has 2 atom stereocenters. The lowest BCUT2D eigenvalue weighted by atomic mass is 9.91. The largest absolute Gasteiger partial charge is 0.481 e. The number of carbonyl (C=O) groups is 2. The molecule has 172 valence electrons. The number of carboxylic acids is 1. The van der Waals surface area contributed by atoms with E-state index in [0.717, 1.165) is 34.7 Å². The average molecular weight is 475 g/mol. The minimum Gasteiger partial charge on any atom is -0.481 e. The number of carbonyl (C=O) groups excluding carboxylic acids is 1. The van der Waals surface area contributed by atoms with Crippen LogP contribution in [0.2, 0.25) is 0 Å². The maximum atomic E-state index is 12.9. The molecule has 1 amide bonds. The minimum absolute atomic E-state index is 0.00726. The van der Waals surface area contributed by atoms with Crippen molar-refractivity contribution in [2.75, 3.05) is 0 Å². The molecule has 8 heteroatoms. The Labute approximate surface area is 198 Å². The van der Waals surface area contributed by atoms with E-state index >= 15 is 0 Å². The molecule has 6 nitrogen and oxygen atoms in total. The number of hydrogen-bond donors (Lipinski definition) is 4. The Hall–Kier alpha value is -2.16. The fourth-order valence-corrected chi connectivity index (χ4v) is 5.11. The summed E-state index contributed by atoms with van der Waals surface area (Å²) in [4.78, 5) is 29.1. The van der Waals surface area contributed by atoms with Crippen molar-refractivity contribution in [2.45, 2.75) is 68.8 Å². The van der Waals surface area contributed by atoms with Crippen molar-refractivity contribution in [3.05, 3.63) is 57.6 Å². The van der Waals surface area contributed by atoms with E-state index in [0.29, 0.717) is 18.4 Å². The zero-order chi connectivity index (χ0) is 23.5. The third-order valence-electron chi connectivity index (χ3n) is 5.77. The lowest BCUT2D eigenvalue weighted by Gasteiger charge is -2.28. The van der Waals surface area contributed by atoms with Crippen LogP contribution in [0.4, 0.5) is 0 Å². The number of aliphatic carboxylic acids is 1. The molecule has 1 aliphatic carbocycles. The van der Waals surface area contributed by atoms with Crippen LogP contribution in [0.1, 0.15) is 63.1 Å². The topological polar surface area (TPSA) is 99.5 Å². The normalized spacial score (nSPS) is 30.8. The summed E-state index contributed by atoms with van der Waals surface area (Å²) in [6.07, 6.45) is 8.76. The molecule has 2 aliphatic rings. The number of thiol groups is 1. The zero-order valence-electron chi connectivity index (χ0n) is 18.4. The molecule has 3 N–H and O–H groups in total. The summed E-state index contributed by atoms with van der Waals surface area (Å²) in [6.45, 7) is 7.78. The number of aliphatic hydroxyl groups is 1. The van der Waals surface area contributed by atoms with Crippen molar-refractivity contribution in [3.8, 4) is 0 Å². The highest BCUT2D eigenvalue weighted by atomic mass is 32.1. The Kier molecular flexibility index (Phi) is 7.47. The van der Waals surface area contributed by atoms with Gasteiger partial charge in [0.1, 0.15) is 5.01 Å². The smallest absolute Gasteiger partial charge is 0.304 e. The third kappa shape index (κ3) is 6.43. The van der Waals surface area contributed by atoms with Gasteiger partial charge < -0.3 is 15.5 Å². The second-order valence-corrected chi connectivity index (χ2v) is 10.7. The zero-order valence-corrected chi connectivity index (χ0v) is 20.1. The lowest BCUT2D eigenvalue weighted by molar-refractivity contribution is -0.137. The lowest BCUT2D eigenvalue weighted by Crippen LogP contribution is -2.40. The van der Waals surface area contributed by atoms with Gasteiger partial charge in [0.15, 0.2) is 0 Å². The molecule has 1 fully saturated rings. The van der Waals surface area contributed by atoms with Crippen LogP contribution in [0, 0.1) is 0 Å². The van der Waals surface area contributed by atoms with Crippen LogP contribution in [0.15, 0.2) is 46.9 Å². The molecule has 2 bridgehead atoms. The Bertz CT molecular complexity index is 1000. The number of aliphatic hydroxyl groups excluding tert-OH is 1. The predicted octanol–water partition coefficient (Wildman–Crippen LogP) is 4.40. The Morgan fingerprint density at radius 1 is 1.34 bits per heavy atom. The third-order valence-corrected chi connectivity index (χ3v) is 7.38. The average Bonchev–Trinajstić information content (AvgIpc) is 3.30. The van der Waals surface area contributed by atoms with Crippen LogP contribution in [0.5, 0.6) is 0 Å². The van der Waals surface area contributed by atoms with Gasteiger partial charge in [-0.1, -0.05) is 30.4 Å². The van der Waals surface area contributed by atoms with Gasteiger partial charge in [-0.2, -0.15) is 12.6 Å². The van der Waals surface area contributed by atoms with Gasteiger partial charge in [-0.15, -0.1) is 11.3 Å². The summed E-state index contributed by atoms with van der Waals surface area (Å²) in [6, 6.07) is 0. The van der Waals surface area contributed by atoms with Gasteiger partial charge in [-0.05, 0) is 56.8 Å². The number of allylic oxidation sites excluding steroid dienone is 3. The molecule has 0 aromatic carbocycles. The molecule has 1 aromatic rings. The van der Waals surface area contributed by atoms with Crippen molar-refractivity contribution in [1.82, 2.24) is 10.3 Å². The minimum atomic E-state index is -0.998. The molecular formula is C24H30N2O4S2. The monoisotopic (exact) mass is 474 g/mol. The van der Waals surface area contributed by atoms with Gasteiger partial charge in [0, 0.05) is 16.5 Å². The van der Waals surface area contributed by atoms with Gasteiger partial charge in [0.2, 0.25) is 5.91 Å². The maximum Gasteiger partial charge on any atom is 0.304 e. The molecule has 0 unspecified atom stereocenters. The van der Waals surface area contributed by atoms with E-state index in [4.69, 9.17) is 4.98 Å². The first kappa shape index (κ1) is 24.5. The number of carboxylic acid groups (broad SMARTS) is 1. The molecule has 2 heterocycles. The molecule has 32 heavy (non-hydrogen) atoms. The molecular weight excluding hydrogens is 444 g/mol. The van der Waals surface area contributed by atoms with Crippen molar-refractivity contribution in [1.29, 1.82) is 0 Å². The van der Waals surface area contributed by atoms with Crippen molar-refractivity contribution < 1.29 is 19.8 Å². The number of fused-ring (bicyclic) bond motifs is 3. The Balaban J connectivity index is 1.93. The number of nitrogens with one attached hydrogen (secondary N) is 1. The highest BCUT2D eigenvalue weighted by Gasteiger charge is 2.49. The van der Waals surface area contributed by atoms with E-state index in [1.807, 2.05) is 31.4 Å². The fraction of sp³-hybridized carbons (Fsp3) is 0.458. The first-order valence-electron chi connectivity index (χ1n) is 10.6. The van der Waals surface area contributed by atoms with Gasteiger partial charge >= 0.3 is 5.97 Å². The van der Waals surface area contributed by atoms with Crippen LogP contribution in [-0.2, 0) is 15.1 Å². The van der Waals surface area contributed by atoms with Crippen LogP contribution in [-0.4, -0.2) is 37.9 Å². The maximum absolute atomic E-state index is 12.9. The number of rotatable bonds is 2. The number of hydrogen-bond acceptors (Lipinski definition) is 6. The van der Waals surface area contributed by atoms with Gasteiger partial charge in [0.25, 0.3) is 0 Å². The van der Waals surface area contributed by atoms with Crippen molar-refractivity contribution in [3.63, 3.8) is 0 Å². The molecule has 0 radical (unpaired) electrons. The first-order chi connectivity index (χ1) is 15.0. The second kappa shape index (κ2) is 9.77. The summed E-state index contributed by atoms with van der Waals surface area (Å²) < 4.78 is -0.998. The van der Waals surface area contributed by atoms with Crippen LogP contribution < -0.4 is 5.32 Å². The summed E-state index contributed by atoms with van der Waals surface area (Å²) in [5.41, 5.74) is 2.76. The van der Waals surface area contributed by atoms with E-state index in [1.165, 1.54) is 11.3 Å². The van der Waals surface area contributed by atoms with Crippen molar-refractivity contribution in [2.24, 2.45) is 0 Å². The SMILES string of the molecule is C=C1/C=C/C(C)=C\c2csc(n2)C2(CC2)NC(=O)C[C@](S)(CC(=O)O)CC/C(C)=C/[C@H]1O. The molecule has 1 aliphatic heterocycles. The number of nitrogens with zero attached hydrogens (tertiary/aromatic N) is 1. The standard InChI is InChI=1S/C24H30N2O4S2/c1-15-4-5-17(3)19(27)11-16(2)6-7-23(31,13-21(29)30)12-20(28)26-24(8-9-24)22-25-18(10-15)14-32-22/h4-5,10-11,14,19,27,31H,3,6-9,12-13H2,1-2H3,(H,26,28)(H,29,30)/b5-4+,15-10-,16-11+/t19-,23+/m1/s1. The number of thiazole rings is 1. The van der Waals surface area contributed by atoms with Crippen molar-refractivity contribution >= 4 is 41.9 Å². The van der Waals surface area contributed by atoms with Gasteiger partial charge in [-0.3, -0.25) is 9.59 Å². The molecule has 1 aromatic heterocycles. The Morgan fingerprint density at radius 3 is 2.72 bits per heavy atom. The summed E-state index contributed by atoms with van der Waals surface area (Å²) in [5, 5.41) is 25.8. The molecule has 1 saturated carbocycles. The van der Waals surface area contributed by atoms with E-state index in [9.17, 15) is 19.8 Å². The van der Waals surface area contributed by atoms with Gasteiger partial charge in [-0.25, -0.2) is 4.98 Å². The van der Waals surface area contributed by atoms with Crippen LogP contribution in [0.25, 0.3) is 6.08 Å². The molecule has 1 spiro atoms. The van der Waals surface area contributed by atoms with Crippen LogP contribution in [0.3, 0.4) is 0 Å². The Morgan fingerprint density at radius 2 is 2.06 bits per heavy atom. The molecule has 0 saturated heterocycles. The predicted molar refractivity (Wildman–Crippen MR) is 131 cm³/mol. The second-order valence-electron chi connectivity index (χ2n) is 8.93. The number of amides is 1. The van der Waals surface area contributed by atoms with E-state index < -0.39 is 22.4 Å². The first-order valence-corrected chi connectivity index (χ1v) is 11.9.